The normalized spacial score (nSPS) is 10.9. The molecule has 9 heteroatoms. The number of carboxylic acid groups (broad SMARTS) is 1. The van der Waals surface area contributed by atoms with Gasteiger partial charge in [-0.15, -0.1) is 0 Å². The fourth-order valence-corrected chi connectivity index (χ4v) is 2.83. The third kappa shape index (κ3) is 4.83. The molecule has 0 atom stereocenters. The molecule has 0 radical (unpaired) electrons. The predicted octanol–water partition coefficient (Wildman–Crippen LogP) is 4.41. The summed E-state index contributed by atoms with van der Waals surface area (Å²) in [6.45, 7) is 1.71. The molecular formula is C22H15N3O6. The maximum Gasteiger partial charge on any atom is 0.335 e. The van der Waals surface area contributed by atoms with E-state index in [-0.39, 0.29) is 28.3 Å². The van der Waals surface area contributed by atoms with Gasteiger partial charge in [0.05, 0.1) is 10.5 Å². The number of carbonyl (C=O) groups excluding carboxylic acids is 1. The Morgan fingerprint density at radius 1 is 1.19 bits per heavy atom. The Morgan fingerprint density at radius 3 is 2.61 bits per heavy atom. The number of amides is 1. The van der Waals surface area contributed by atoms with Crippen LogP contribution in [0, 0.1) is 28.4 Å². The molecule has 0 bridgehead atoms. The molecule has 0 saturated carbocycles. The van der Waals surface area contributed by atoms with Crippen molar-refractivity contribution >= 4 is 29.3 Å². The van der Waals surface area contributed by atoms with E-state index in [1.165, 1.54) is 42.5 Å². The van der Waals surface area contributed by atoms with E-state index in [4.69, 9.17) is 9.52 Å². The van der Waals surface area contributed by atoms with Crippen LogP contribution in [0.15, 0.2) is 64.6 Å². The molecular weight excluding hydrogens is 402 g/mol. The number of rotatable bonds is 6. The van der Waals surface area contributed by atoms with Crippen molar-refractivity contribution in [1.29, 1.82) is 5.26 Å². The molecule has 9 nitrogen and oxygen atoms in total. The molecule has 1 aromatic heterocycles. The number of anilines is 1. The van der Waals surface area contributed by atoms with Crippen molar-refractivity contribution in [3.8, 4) is 17.4 Å². The van der Waals surface area contributed by atoms with Crippen LogP contribution in [0.2, 0.25) is 0 Å². The molecule has 2 aromatic carbocycles. The highest BCUT2D eigenvalue weighted by atomic mass is 16.6. The Labute approximate surface area is 176 Å². The monoisotopic (exact) mass is 417 g/mol. The predicted molar refractivity (Wildman–Crippen MR) is 111 cm³/mol. The first-order chi connectivity index (χ1) is 14.8. The quantitative estimate of drug-likeness (QED) is 0.261. The smallest absolute Gasteiger partial charge is 0.335 e. The lowest BCUT2D eigenvalue weighted by Gasteiger charge is -2.05. The Hall–Kier alpha value is -4.71. The molecule has 0 aliphatic heterocycles. The summed E-state index contributed by atoms with van der Waals surface area (Å²) in [4.78, 5) is 33.8. The number of aromatic carboxylic acids is 1. The zero-order chi connectivity index (χ0) is 22.5. The third-order valence-electron chi connectivity index (χ3n) is 4.33. The number of non-ortho nitro benzene ring substituents is 1. The van der Waals surface area contributed by atoms with Crippen LogP contribution in [0.5, 0.6) is 0 Å². The van der Waals surface area contributed by atoms with Crippen LogP contribution in [0.1, 0.15) is 21.7 Å². The second-order valence-corrected chi connectivity index (χ2v) is 6.47. The maximum absolute atomic E-state index is 12.4. The van der Waals surface area contributed by atoms with Crippen LogP contribution in [-0.4, -0.2) is 21.9 Å². The fourth-order valence-electron chi connectivity index (χ4n) is 2.83. The standard InChI is InChI=1S/C22H15N3O6/c1-13-9-17(25(29)30)5-7-19(13)20-8-6-18(31-20)11-15(12-23)21(26)24-16-4-2-3-14(10-16)22(27)28/h2-11H,1H3,(H,24,26)(H,27,28). The van der Waals surface area contributed by atoms with Crippen molar-refractivity contribution in [3.05, 3.63) is 87.2 Å². The van der Waals surface area contributed by atoms with Crippen LogP contribution in [-0.2, 0) is 4.79 Å². The first-order valence-corrected chi connectivity index (χ1v) is 8.90. The number of nitro groups is 1. The zero-order valence-electron chi connectivity index (χ0n) is 16.2. The van der Waals surface area contributed by atoms with E-state index in [0.717, 1.165) is 0 Å². The van der Waals surface area contributed by atoms with Crippen molar-refractivity contribution < 1.29 is 24.0 Å². The van der Waals surface area contributed by atoms with Gasteiger partial charge in [0.25, 0.3) is 11.6 Å². The summed E-state index contributed by atoms with van der Waals surface area (Å²) in [6.07, 6.45) is 1.25. The maximum atomic E-state index is 12.4. The molecule has 0 aliphatic carbocycles. The number of nitrogens with one attached hydrogen (secondary N) is 1. The number of nitro benzene ring substituents is 1. The van der Waals surface area contributed by atoms with Crippen LogP contribution in [0.3, 0.4) is 0 Å². The Balaban J connectivity index is 1.82. The van der Waals surface area contributed by atoms with E-state index >= 15 is 0 Å². The van der Waals surface area contributed by atoms with Crippen LogP contribution in [0.4, 0.5) is 11.4 Å². The van der Waals surface area contributed by atoms with Gasteiger partial charge < -0.3 is 14.8 Å². The number of nitrogens with zero attached hydrogens (tertiary/aromatic N) is 2. The van der Waals surface area contributed by atoms with E-state index in [0.29, 0.717) is 16.9 Å². The van der Waals surface area contributed by atoms with Gasteiger partial charge in [0.1, 0.15) is 23.2 Å². The summed E-state index contributed by atoms with van der Waals surface area (Å²) in [7, 11) is 0. The van der Waals surface area contributed by atoms with E-state index in [9.17, 15) is 25.0 Å². The second-order valence-electron chi connectivity index (χ2n) is 6.47. The average molecular weight is 417 g/mol. The van der Waals surface area contributed by atoms with Crippen molar-refractivity contribution in [1.82, 2.24) is 0 Å². The molecule has 0 spiro atoms. The van der Waals surface area contributed by atoms with Gasteiger partial charge in [0.2, 0.25) is 0 Å². The van der Waals surface area contributed by atoms with Gasteiger partial charge in [-0.1, -0.05) is 6.07 Å². The minimum atomic E-state index is -1.14. The van der Waals surface area contributed by atoms with Gasteiger partial charge in [0, 0.05) is 29.5 Å². The number of carboxylic acids is 1. The van der Waals surface area contributed by atoms with E-state index < -0.39 is 16.8 Å². The molecule has 154 valence electrons. The molecule has 31 heavy (non-hydrogen) atoms. The SMILES string of the molecule is Cc1cc([N+](=O)[O-])ccc1-c1ccc(C=C(C#N)C(=O)Nc2cccc(C(=O)O)c2)o1. The largest absolute Gasteiger partial charge is 0.478 e. The Kier molecular flexibility index (Phi) is 5.93. The summed E-state index contributed by atoms with van der Waals surface area (Å²) in [6, 6.07) is 15.0. The molecule has 0 unspecified atom stereocenters. The van der Waals surface area contributed by atoms with Crippen LogP contribution in [0.25, 0.3) is 17.4 Å². The topological polar surface area (TPSA) is 146 Å². The van der Waals surface area contributed by atoms with Crippen molar-refractivity contribution in [2.75, 3.05) is 5.32 Å². The summed E-state index contributed by atoms with van der Waals surface area (Å²) in [5.41, 5.74) is 1.21. The second kappa shape index (κ2) is 8.75. The molecule has 0 aliphatic rings. The highest BCUT2D eigenvalue weighted by Gasteiger charge is 2.14. The van der Waals surface area contributed by atoms with Gasteiger partial charge >= 0.3 is 5.97 Å². The number of nitriles is 1. The van der Waals surface area contributed by atoms with Gasteiger partial charge in [-0.3, -0.25) is 14.9 Å². The lowest BCUT2D eigenvalue weighted by molar-refractivity contribution is -0.384. The molecule has 3 rings (SSSR count). The Bertz CT molecular complexity index is 1270. The lowest BCUT2D eigenvalue weighted by Crippen LogP contribution is -2.13. The number of furan rings is 1. The van der Waals surface area contributed by atoms with Gasteiger partial charge in [-0.05, 0) is 48.9 Å². The highest BCUT2D eigenvalue weighted by molar-refractivity contribution is 6.09. The summed E-state index contributed by atoms with van der Waals surface area (Å²) < 4.78 is 5.68. The summed E-state index contributed by atoms with van der Waals surface area (Å²) in [5.74, 6) is -1.21. The fraction of sp³-hybridized carbons (Fsp3) is 0.0455. The van der Waals surface area contributed by atoms with E-state index in [1.54, 1.807) is 31.2 Å². The van der Waals surface area contributed by atoms with E-state index in [2.05, 4.69) is 5.32 Å². The van der Waals surface area contributed by atoms with Crippen molar-refractivity contribution in [2.45, 2.75) is 6.92 Å². The van der Waals surface area contributed by atoms with Gasteiger partial charge in [-0.2, -0.15) is 5.26 Å². The summed E-state index contributed by atoms with van der Waals surface area (Å²) in [5, 5.41) is 31.7. The van der Waals surface area contributed by atoms with Gasteiger partial charge in [-0.25, -0.2) is 4.79 Å². The third-order valence-corrected chi connectivity index (χ3v) is 4.33. The zero-order valence-corrected chi connectivity index (χ0v) is 16.2. The summed E-state index contributed by atoms with van der Waals surface area (Å²) >= 11 is 0. The number of hydrogen-bond acceptors (Lipinski definition) is 6. The number of aryl methyl sites for hydroxylation is 1. The first-order valence-electron chi connectivity index (χ1n) is 8.90. The lowest BCUT2D eigenvalue weighted by atomic mass is 10.1. The van der Waals surface area contributed by atoms with E-state index in [1.807, 2.05) is 0 Å². The molecule has 3 aromatic rings. The minimum absolute atomic E-state index is 0.00516. The first kappa shape index (κ1) is 21.0. The average Bonchev–Trinajstić information content (AvgIpc) is 3.20. The molecule has 1 heterocycles. The number of benzene rings is 2. The molecule has 2 N–H and O–H groups in total. The number of hydrogen-bond donors (Lipinski definition) is 2. The number of carbonyl (C=O) groups is 2. The molecule has 0 saturated heterocycles. The van der Waals surface area contributed by atoms with Crippen LogP contribution < -0.4 is 5.32 Å². The van der Waals surface area contributed by atoms with Gasteiger partial charge in [0.15, 0.2) is 0 Å². The van der Waals surface area contributed by atoms with Crippen LogP contribution >= 0.6 is 0 Å². The van der Waals surface area contributed by atoms with Crippen molar-refractivity contribution in [3.63, 3.8) is 0 Å². The minimum Gasteiger partial charge on any atom is -0.478 e. The molecule has 0 fully saturated rings. The Morgan fingerprint density at radius 2 is 1.97 bits per heavy atom. The highest BCUT2D eigenvalue weighted by Crippen LogP contribution is 2.29. The molecule has 1 amide bonds. The van der Waals surface area contributed by atoms with Crippen molar-refractivity contribution in [2.24, 2.45) is 0 Å².